The molecule has 2 fully saturated rings. The number of carbonyl (C=O) groups excluding carboxylic acids is 1. The third-order valence-corrected chi connectivity index (χ3v) is 4.92. The Balaban J connectivity index is 1.92. The first-order valence-corrected chi connectivity index (χ1v) is 8.12. The lowest BCUT2D eigenvalue weighted by Crippen LogP contribution is -2.53. The highest BCUT2D eigenvalue weighted by molar-refractivity contribution is 7.86. The fraction of sp³-hybridized carbons (Fsp3) is 0.909. The summed E-state index contributed by atoms with van der Waals surface area (Å²) in [4.78, 5) is 14.1. The molecule has 110 valence electrons. The highest BCUT2D eigenvalue weighted by atomic mass is 32.2. The number of carbonyl (C=O) groups is 1. The first-order valence-electron chi connectivity index (χ1n) is 6.61. The van der Waals surface area contributed by atoms with Crippen LogP contribution in [0.4, 0.5) is 0 Å². The minimum atomic E-state index is -3.64. The summed E-state index contributed by atoms with van der Waals surface area (Å²) in [5.41, 5.74) is 0. The number of rotatable bonds is 3. The Labute approximate surface area is 113 Å². The van der Waals surface area contributed by atoms with Crippen molar-refractivity contribution in [1.29, 1.82) is 0 Å². The van der Waals surface area contributed by atoms with Crippen molar-refractivity contribution >= 4 is 16.1 Å². The Kier molecular flexibility index (Phi) is 4.44. The monoisotopic (exact) mass is 291 g/mol. The third-order valence-electron chi connectivity index (χ3n) is 3.84. The van der Waals surface area contributed by atoms with E-state index >= 15 is 0 Å². The number of nitrogens with two attached hydrogens (primary N) is 1. The normalized spacial score (nSPS) is 29.7. The second-order valence-electron chi connectivity index (χ2n) is 4.98. The van der Waals surface area contributed by atoms with Gasteiger partial charge in [-0.3, -0.25) is 4.79 Å². The summed E-state index contributed by atoms with van der Waals surface area (Å²) >= 11 is 0. The van der Waals surface area contributed by atoms with Gasteiger partial charge in [0.2, 0.25) is 5.91 Å². The molecule has 8 heteroatoms. The number of hydrogen-bond donors (Lipinski definition) is 1. The SMILES string of the molecule is CCC1OCCC1C(=O)N1CCN(S(N)(=O)=O)CC1. The molecule has 2 rings (SSSR count). The molecule has 0 bridgehead atoms. The molecule has 2 N–H and O–H groups in total. The van der Waals surface area contributed by atoms with Crippen LogP contribution in [0.5, 0.6) is 0 Å². The van der Waals surface area contributed by atoms with Crippen LogP contribution in [0.3, 0.4) is 0 Å². The first-order chi connectivity index (χ1) is 8.93. The molecule has 2 aliphatic heterocycles. The largest absolute Gasteiger partial charge is 0.377 e. The van der Waals surface area contributed by atoms with Gasteiger partial charge in [-0.25, -0.2) is 5.14 Å². The number of ether oxygens (including phenoxy) is 1. The van der Waals surface area contributed by atoms with Crippen LogP contribution in [-0.2, 0) is 19.7 Å². The van der Waals surface area contributed by atoms with Gasteiger partial charge in [-0.2, -0.15) is 12.7 Å². The zero-order chi connectivity index (χ0) is 14.0. The summed E-state index contributed by atoms with van der Waals surface area (Å²) in [7, 11) is -3.64. The Morgan fingerprint density at radius 3 is 2.47 bits per heavy atom. The molecule has 2 unspecified atom stereocenters. The van der Waals surface area contributed by atoms with Crippen molar-refractivity contribution < 1.29 is 17.9 Å². The van der Waals surface area contributed by atoms with Gasteiger partial charge in [-0.05, 0) is 12.8 Å². The molecule has 7 nitrogen and oxygen atoms in total. The fourth-order valence-corrected chi connectivity index (χ4v) is 3.40. The maximum atomic E-state index is 12.4. The predicted molar refractivity (Wildman–Crippen MR) is 69.4 cm³/mol. The Hall–Kier alpha value is -0.700. The molecule has 0 aliphatic carbocycles. The Morgan fingerprint density at radius 2 is 1.95 bits per heavy atom. The van der Waals surface area contributed by atoms with Gasteiger partial charge in [0.15, 0.2) is 0 Å². The van der Waals surface area contributed by atoms with E-state index in [4.69, 9.17) is 9.88 Å². The highest BCUT2D eigenvalue weighted by Crippen LogP contribution is 2.25. The van der Waals surface area contributed by atoms with Gasteiger partial charge in [-0.1, -0.05) is 6.92 Å². The Morgan fingerprint density at radius 1 is 1.32 bits per heavy atom. The number of hydrogen-bond acceptors (Lipinski definition) is 4. The smallest absolute Gasteiger partial charge is 0.277 e. The van der Waals surface area contributed by atoms with E-state index in [1.165, 1.54) is 4.31 Å². The predicted octanol–water partition coefficient (Wildman–Crippen LogP) is -0.851. The van der Waals surface area contributed by atoms with Crippen LogP contribution < -0.4 is 5.14 Å². The van der Waals surface area contributed by atoms with Crippen LogP contribution in [0.2, 0.25) is 0 Å². The van der Waals surface area contributed by atoms with Gasteiger partial charge >= 0.3 is 0 Å². The molecule has 2 atom stereocenters. The molecular formula is C11H21N3O4S. The van der Waals surface area contributed by atoms with E-state index in [-0.39, 0.29) is 31.0 Å². The molecule has 0 spiro atoms. The van der Waals surface area contributed by atoms with Crippen LogP contribution in [-0.4, -0.2) is 62.4 Å². The molecule has 0 aromatic rings. The minimum absolute atomic E-state index is 0.00349. The Bertz CT molecular complexity index is 431. The lowest BCUT2D eigenvalue weighted by atomic mass is 9.97. The van der Waals surface area contributed by atoms with Crippen molar-refractivity contribution in [3.63, 3.8) is 0 Å². The number of piperazine rings is 1. The lowest BCUT2D eigenvalue weighted by Gasteiger charge is -2.35. The molecule has 1 amide bonds. The standard InChI is InChI=1S/C11H21N3O4S/c1-2-10-9(3-8-18-10)11(15)13-4-6-14(7-5-13)19(12,16)17/h9-10H,2-8H2,1H3,(H2,12,16,17). The molecule has 0 aromatic carbocycles. The summed E-state index contributed by atoms with van der Waals surface area (Å²) in [6.45, 7) is 4.00. The van der Waals surface area contributed by atoms with E-state index in [1.54, 1.807) is 4.90 Å². The van der Waals surface area contributed by atoms with Gasteiger partial charge < -0.3 is 9.64 Å². The summed E-state index contributed by atoms with van der Waals surface area (Å²) in [6.07, 6.45) is 1.59. The molecule has 0 radical (unpaired) electrons. The van der Waals surface area contributed by atoms with Crippen molar-refractivity contribution in [2.24, 2.45) is 11.1 Å². The lowest BCUT2D eigenvalue weighted by molar-refractivity contribution is -0.138. The van der Waals surface area contributed by atoms with Gasteiger partial charge in [0.05, 0.1) is 12.0 Å². The van der Waals surface area contributed by atoms with Gasteiger partial charge in [0.25, 0.3) is 10.2 Å². The third kappa shape index (κ3) is 3.25. The second kappa shape index (κ2) is 5.74. The van der Waals surface area contributed by atoms with E-state index in [1.807, 2.05) is 6.92 Å². The fourth-order valence-electron chi connectivity index (χ4n) is 2.73. The van der Waals surface area contributed by atoms with Gasteiger partial charge in [0.1, 0.15) is 0 Å². The van der Waals surface area contributed by atoms with Crippen LogP contribution in [0.15, 0.2) is 0 Å². The maximum absolute atomic E-state index is 12.4. The molecule has 0 saturated carbocycles. The van der Waals surface area contributed by atoms with E-state index in [9.17, 15) is 13.2 Å². The minimum Gasteiger partial charge on any atom is -0.377 e. The zero-order valence-electron chi connectivity index (χ0n) is 11.1. The summed E-state index contributed by atoms with van der Waals surface area (Å²) in [5, 5.41) is 5.07. The molecule has 2 heterocycles. The van der Waals surface area contributed by atoms with Crippen LogP contribution in [0.25, 0.3) is 0 Å². The highest BCUT2D eigenvalue weighted by Gasteiger charge is 2.37. The molecule has 0 aromatic heterocycles. The van der Waals surface area contributed by atoms with Crippen molar-refractivity contribution in [1.82, 2.24) is 9.21 Å². The van der Waals surface area contributed by atoms with E-state index in [2.05, 4.69) is 0 Å². The van der Waals surface area contributed by atoms with Crippen LogP contribution in [0.1, 0.15) is 19.8 Å². The number of nitrogens with zero attached hydrogens (tertiary/aromatic N) is 2. The quantitative estimate of drug-likeness (QED) is 0.733. The van der Waals surface area contributed by atoms with Crippen molar-refractivity contribution in [2.75, 3.05) is 32.8 Å². The summed E-state index contributed by atoms with van der Waals surface area (Å²) in [6, 6.07) is 0. The van der Waals surface area contributed by atoms with Gasteiger partial charge in [0, 0.05) is 32.8 Å². The molecule has 19 heavy (non-hydrogen) atoms. The molecular weight excluding hydrogens is 270 g/mol. The van der Waals surface area contributed by atoms with Gasteiger partial charge in [-0.15, -0.1) is 0 Å². The second-order valence-corrected chi connectivity index (χ2v) is 6.53. The van der Waals surface area contributed by atoms with E-state index < -0.39 is 10.2 Å². The topological polar surface area (TPSA) is 92.9 Å². The molecule has 2 saturated heterocycles. The average Bonchev–Trinajstić information content (AvgIpc) is 2.85. The van der Waals surface area contributed by atoms with E-state index in [0.29, 0.717) is 19.7 Å². The average molecular weight is 291 g/mol. The number of amides is 1. The first kappa shape index (κ1) is 14.7. The van der Waals surface area contributed by atoms with Crippen LogP contribution in [0, 0.1) is 5.92 Å². The molecule has 2 aliphatic rings. The van der Waals surface area contributed by atoms with Crippen molar-refractivity contribution in [2.45, 2.75) is 25.9 Å². The summed E-state index contributed by atoms with van der Waals surface area (Å²) < 4.78 is 29.1. The van der Waals surface area contributed by atoms with E-state index in [0.717, 1.165) is 12.8 Å². The zero-order valence-corrected chi connectivity index (χ0v) is 11.9. The van der Waals surface area contributed by atoms with Crippen LogP contribution >= 0.6 is 0 Å². The van der Waals surface area contributed by atoms with Crippen molar-refractivity contribution in [3.05, 3.63) is 0 Å². The maximum Gasteiger partial charge on any atom is 0.277 e. The van der Waals surface area contributed by atoms with Crippen molar-refractivity contribution in [3.8, 4) is 0 Å². The summed E-state index contributed by atoms with van der Waals surface area (Å²) in [5.74, 6) is 0.00412.